The maximum atomic E-state index is 11.1. The minimum absolute atomic E-state index is 0.108. The number of fused-ring (bicyclic) bond motifs is 1. The molecule has 0 saturated carbocycles. The Balaban J connectivity index is 1.90. The number of benzene rings is 1. The lowest BCUT2D eigenvalue weighted by Crippen LogP contribution is -2.26. The van der Waals surface area contributed by atoms with Crippen LogP contribution >= 0.6 is 0 Å². The third-order valence-corrected chi connectivity index (χ3v) is 3.01. The fourth-order valence-corrected chi connectivity index (χ4v) is 2.07. The molecular weight excluding hydrogens is 236 g/mol. The van der Waals surface area contributed by atoms with Crippen molar-refractivity contribution in [1.82, 2.24) is 4.98 Å². The number of H-pyrrole nitrogens is 1. The van der Waals surface area contributed by atoms with E-state index in [9.17, 15) is 4.79 Å². The van der Waals surface area contributed by atoms with Crippen LogP contribution in [0, 0.1) is 0 Å². The van der Waals surface area contributed by atoms with E-state index in [0.29, 0.717) is 35.8 Å². The lowest BCUT2D eigenvalue weighted by atomic mass is 10.1. The summed E-state index contributed by atoms with van der Waals surface area (Å²) in [5.74, 6) is 0.0825. The Hall–Kier alpha value is -1.95. The Bertz CT molecular complexity index is 610. The molecule has 0 atom stereocenters. The van der Waals surface area contributed by atoms with E-state index < -0.39 is 5.76 Å². The normalized spacial score (nSPS) is 17.1. The van der Waals surface area contributed by atoms with Gasteiger partial charge in [-0.05, 0) is 0 Å². The van der Waals surface area contributed by atoms with Crippen LogP contribution < -0.4 is 16.2 Å². The van der Waals surface area contributed by atoms with E-state index in [1.165, 1.54) is 0 Å². The molecule has 1 aliphatic rings. The highest BCUT2D eigenvalue weighted by atomic mass is 16.5. The maximum Gasteiger partial charge on any atom is 0.417 e. The minimum Gasteiger partial charge on any atom is -0.488 e. The number of oxazole rings is 1. The summed E-state index contributed by atoms with van der Waals surface area (Å²) in [6, 6.07) is 3.30. The number of ether oxygens (including phenoxy) is 2. The van der Waals surface area contributed by atoms with Gasteiger partial charge in [0.25, 0.3) is 0 Å². The quantitative estimate of drug-likeness (QED) is 0.783. The fourth-order valence-electron chi connectivity index (χ4n) is 2.07. The van der Waals surface area contributed by atoms with Crippen LogP contribution in [0.5, 0.6) is 5.75 Å². The molecule has 96 valence electrons. The molecule has 2 heterocycles. The molecule has 0 unspecified atom stereocenters. The number of hydrogen-bond donors (Lipinski definition) is 2. The number of nitrogens with one attached hydrogen (secondary N) is 1. The first-order valence-electron chi connectivity index (χ1n) is 5.89. The minimum atomic E-state index is -0.493. The zero-order valence-electron chi connectivity index (χ0n) is 9.77. The van der Waals surface area contributed by atoms with Gasteiger partial charge in [0.1, 0.15) is 11.9 Å². The van der Waals surface area contributed by atoms with Crippen LogP contribution in [0.2, 0.25) is 0 Å². The average Bonchev–Trinajstić information content (AvgIpc) is 2.70. The molecule has 6 nitrogen and oxygen atoms in total. The van der Waals surface area contributed by atoms with Gasteiger partial charge in [-0.3, -0.25) is 4.98 Å². The second-order valence-electron chi connectivity index (χ2n) is 4.33. The van der Waals surface area contributed by atoms with E-state index in [1.54, 1.807) is 12.1 Å². The van der Waals surface area contributed by atoms with Gasteiger partial charge in [0, 0.05) is 25.0 Å². The van der Waals surface area contributed by atoms with E-state index >= 15 is 0 Å². The molecule has 0 radical (unpaired) electrons. The highest BCUT2D eigenvalue weighted by Crippen LogP contribution is 2.28. The van der Waals surface area contributed by atoms with Crippen LogP contribution in [0.15, 0.2) is 21.3 Å². The third kappa shape index (κ3) is 2.06. The van der Waals surface area contributed by atoms with Crippen LogP contribution in [0.1, 0.15) is 12.8 Å². The molecule has 1 saturated heterocycles. The second-order valence-corrected chi connectivity index (χ2v) is 4.33. The Labute approximate surface area is 103 Å². The predicted molar refractivity (Wildman–Crippen MR) is 65.7 cm³/mol. The summed E-state index contributed by atoms with van der Waals surface area (Å²) in [4.78, 5) is 13.7. The first-order chi connectivity index (χ1) is 8.72. The van der Waals surface area contributed by atoms with Crippen LogP contribution in [0.4, 0.5) is 5.69 Å². The van der Waals surface area contributed by atoms with Gasteiger partial charge in [-0.25, -0.2) is 4.79 Å². The Morgan fingerprint density at radius 3 is 2.89 bits per heavy atom. The topological polar surface area (TPSA) is 90.5 Å². The zero-order valence-corrected chi connectivity index (χ0v) is 9.77. The number of aromatic nitrogens is 1. The van der Waals surface area contributed by atoms with Crippen LogP contribution in [0.25, 0.3) is 11.1 Å². The van der Waals surface area contributed by atoms with Crippen molar-refractivity contribution >= 4 is 16.8 Å². The Morgan fingerprint density at radius 1 is 1.33 bits per heavy atom. The maximum absolute atomic E-state index is 11.1. The van der Waals surface area contributed by atoms with Crippen molar-refractivity contribution in [2.24, 2.45) is 0 Å². The molecule has 1 fully saturated rings. The van der Waals surface area contributed by atoms with Crippen molar-refractivity contribution in [2.75, 3.05) is 18.9 Å². The van der Waals surface area contributed by atoms with Gasteiger partial charge in [0.2, 0.25) is 0 Å². The SMILES string of the molecule is Nc1cc2oc(=O)[nH]c2cc1OC1CCOCC1. The monoisotopic (exact) mass is 250 g/mol. The number of nitrogen functional groups attached to an aromatic ring is 1. The Morgan fingerprint density at radius 2 is 2.11 bits per heavy atom. The molecule has 3 rings (SSSR count). The summed E-state index contributed by atoms with van der Waals surface area (Å²) in [6.45, 7) is 1.41. The van der Waals surface area contributed by atoms with Gasteiger partial charge >= 0.3 is 5.76 Å². The largest absolute Gasteiger partial charge is 0.488 e. The zero-order chi connectivity index (χ0) is 12.5. The van der Waals surface area contributed by atoms with Gasteiger partial charge in [0.15, 0.2) is 5.58 Å². The molecular formula is C12H14N2O4. The summed E-state index contributed by atoms with van der Waals surface area (Å²) in [5, 5.41) is 0. The van der Waals surface area contributed by atoms with E-state index in [2.05, 4.69) is 4.98 Å². The number of nitrogens with two attached hydrogens (primary N) is 1. The predicted octanol–water partition coefficient (Wildman–Crippen LogP) is 1.26. The molecule has 0 spiro atoms. The van der Waals surface area contributed by atoms with Crippen molar-refractivity contribution in [3.05, 3.63) is 22.7 Å². The molecule has 0 aliphatic carbocycles. The van der Waals surface area contributed by atoms with Crippen molar-refractivity contribution in [2.45, 2.75) is 18.9 Å². The molecule has 1 aliphatic heterocycles. The van der Waals surface area contributed by atoms with Crippen molar-refractivity contribution in [3.63, 3.8) is 0 Å². The highest BCUT2D eigenvalue weighted by Gasteiger charge is 2.17. The molecule has 3 N–H and O–H groups in total. The number of hydrogen-bond acceptors (Lipinski definition) is 5. The summed E-state index contributed by atoms with van der Waals surface area (Å²) in [5.41, 5.74) is 7.39. The van der Waals surface area contributed by atoms with Gasteiger partial charge in [-0.15, -0.1) is 0 Å². The molecule has 1 aromatic carbocycles. The molecule has 6 heteroatoms. The van der Waals surface area contributed by atoms with Crippen LogP contribution in [-0.2, 0) is 4.74 Å². The lowest BCUT2D eigenvalue weighted by molar-refractivity contribution is 0.0259. The Kier molecular flexibility index (Phi) is 2.71. The number of rotatable bonds is 2. The molecule has 2 aromatic rings. The summed E-state index contributed by atoms with van der Waals surface area (Å²) < 4.78 is 16.0. The van der Waals surface area contributed by atoms with Crippen molar-refractivity contribution < 1.29 is 13.9 Å². The summed E-state index contributed by atoms with van der Waals surface area (Å²) in [6.07, 6.45) is 1.80. The van der Waals surface area contributed by atoms with E-state index in [0.717, 1.165) is 12.8 Å². The van der Waals surface area contributed by atoms with Gasteiger partial charge in [-0.2, -0.15) is 0 Å². The second kappa shape index (κ2) is 4.38. The van der Waals surface area contributed by atoms with Gasteiger partial charge < -0.3 is 19.6 Å². The van der Waals surface area contributed by atoms with Crippen LogP contribution in [0.3, 0.4) is 0 Å². The molecule has 1 aromatic heterocycles. The van der Waals surface area contributed by atoms with Gasteiger partial charge in [0.05, 0.1) is 24.4 Å². The fraction of sp³-hybridized carbons (Fsp3) is 0.417. The first-order valence-corrected chi connectivity index (χ1v) is 5.89. The van der Waals surface area contributed by atoms with Crippen LogP contribution in [-0.4, -0.2) is 24.3 Å². The van der Waals surface area contributed by atoms with Crippen molar-refractivity contribution in [1.29, 1.82) is 0 Å². The smallest absolute Gasteiger partial charge is 0.417 e. The number of aromatic amines is 1. The standard InChI is InChI=1S/C12H14N2O4/c13-8-5-11-9(14-12(15)18-11)6-10(8)17-7-1-3-16-4-2-7/h5-7H,1-4,13H2,(H,14,15). The lowest BCUT2D eigenvalue weighted by Gasteiger charge is -2.23. The third-order valence-electron chi connectivity index (χ3n) is 3.01. The van der Waals surface area contributed by atoms with E-state index in [1.807, 2.05) is 0 Å². The van der Waals surface area contributed by atoms with E-state index in [-0.39, 0.29) is 6.10 Å². The summed E-state index contributed by atoms with van der Waals surface area (Å²) >= 11 is 0. The highest BCUT2D eigenvalue weighted by molar-refractivity contribution is 5.80. The molecule has 18 heavy (non-hydrogen) atoms. The number of anilines is 1. The van der Waals surface area contributed by atoms with Gasteiger partial charge in [-0.1, -0.05) is 0 Å². The molecule has 0 amide bonds. The van der Waals surface area contributed by atoms with Crippen molar-refractivity contribution in [3.8, 4) is 5.75 Å². The summed E-state index contributed by atoms with van der Waals surface area (Å²) in [7, 11) is 0. The first kappa shape index (κ1) is 11.2. The van der Waals surface area contributed by atoms with E-state index in [4.69, 9.17) is 19.6 Å². The average molecular weight is 250 g/mol. The molecule has 0 bridgehead atoms.